The minimum absolute atomic E-state index is 0. The molecular weight excluding hydrogens is 577 g/mol. The van der Waals surface area contributed by atoms with Gasteiger partial charge in [0.25, 0.3) is 0 Å². The average molecular weight is 598 g/mol. The van der Waals surface area contributed by atoms with Gasteiger partial charge >= 0.3 is 21.1 Å². The Bertz CT molecular complexity index is 925. The summed E-state index contributed by atoms with van der Waals surface area (Å²) in [6.45, 7) is 3.39. The van der Waals surface area contributed by atoms with Gasteiger partial charge < -0.3 is 19.6 Å². The Balaban J connectivity index is 0.00000231. The van der Waals surface area contributed by atoms with Gasteiger partial charge in [0, 0.05) is 23.8 Å². The summed E-state index contributed by atoms with van der Waals surface area (Å²) < 4.78 is 29.8. The molecule has 2 aromatic rings. The Labute approximate surface area is 196 Å². The van der Waals surface area contributed by atoms with Crippen LogP contribution in [0.5, 0.6) is 0 Å². The van der Waals surface area contributed by atoms with Gasteiger partial charge in [-0.05, 0) is 25.7 Å². The molecule has 0 atom stereocenters. The molecule has 1 aliphatic carbocycles. The van der Waals surface area contributed by atoms with Crippen molar-refractivity contribution in [2.24, 2.45) is 0 Å². The van der Waals surface area contributed by atoms with E-state index in [1.165, 1.54) is 22.2 Å². The Morgan fingerprint density at radius 2 is 1.16 bits per heavy atom. The summed E-state index contributed by atoms with van der Waals surface area (Å²) in [4.78, 5) is 6.43. The number of hydrogen-bond acceptors (Lipinski definition) is 4. The maximum absolute atomic E-state index is 14.9. The smallest absolute Gasteiger partial charge is 0.497 e. The van der Waals surface area contributed by atoms with E-state index in [2.05, 4.69) is 12.1 Å². The number of hydrogen-bond donors (Lipinski definition) is 0. The molecule has 160 valence electrons. The quantitative estimate of drug-likeness (QED) is 0.327. The molecule has 7 heteroatoms. The minimum Gasteiger partial charge on any atom is -0.497 e. The first kappa shape index (κ1) is 21.6. The molecule has 0 saturated carbocycles. The van der Waals surface area contributed by atoms with Gasteiger partial charge in [0.15, 0.2) is 11.9 Å². The van der Waals surface area contributed by atoms with E-state index in [-0.39, 0.29) is 21.1 Å². The van der Waals surface area contributed by atoms with Gasteiger partial charge in [0.1, 0.15) is 0 Å². The summed E-state index contributed by atoms with van der Waals surface area (Å²) in [6, 6.07) is 21.0. The summed E-state index contributed by atoms with van der Waals surface area (Å²) in [5.74, 6) is -0.781. The van der Waals surface area contributed by atoms with Crippen LogP contribution in [0.25, 0.3) is 0 Å². The third-order valence-electron chi connectivity index (χ3n) is 5.36. The summed E-state index contributed by atoms with van der Waals surface area (Å²) in [6.07, 6.45) is 6.07. The van der Waals surface area contributed by atoms with Crippen molar-refractivity contribution in [2.75, 3.05) is 9.80 Å². The molecular formula is C24H20F2N4Pt. The van der Waals surface area contributed by atoms with Crippen molar-refractivity contribution in [1.29, 1.82) is 0 Å². The number of rotatable bonds is 4. The van der Waals surface area contributed by atoms with Crippen LogP contribution in [0.4, 0.5) is 20.2 Å². The third kappa shape index (κ3) is 4.27. The molecule has 0 spiro atoms. The molecule has 0 N–H and O–H groups in total. The minimum atomic E-state index is -0.390. The maximum atomic E-state index is 14.9. The van der Waals surface area contributed by atoms with Crippen LogP contribution in [0.3, 0.4) is 0 Å². The zero-order chi connectivity index (χ0) is 20.5. The fourth-order valence-electron chi connectivity index (χ4n) is 3.92. The van der Waals surface area contributed by atoms with E-state index in [4.69, 9.17) is 0 Å². The SMILES string of the molecule is FC1=CN(c2[c-]cccc2)[CH-]N1C1=C(N2[CH-]N(c3[c-]cccc3)C=C2F)CCCC1.[Pt+4]. The molecule has 0 aromatic heterocycles. The number of para-hydroxylation sites is 2. The van der Waals surface area contributed by atoms with Crippen LogP contribution in [0.2, 0.25) is 0 Å². The Kier molecular flexibility index (Phi) is 6.47. The Morgan fingerprint density at radius 1 is 0.710 bits per heavy atom. The van der Waals surface area contributed by atoms with Crippen molar-refractivity contribution < 1.29 is 29.8 Å². The summed E-state index contributed by atoms with van der Waals surface area (Å²) in [7, 11) is 0. The monoisotopic (exact) mass is 597 g/mol. The van der Waals surface area contributed by atoms with Crippen LogP contribution < -0.4 is 9.80 Å². The average Bonchev–Trinajstić information content (AvgIpc) is 3.38. The van der Waals surface area contributed by atoms with Crippen LogP contribution in [0, 0.1) is 25.5 Å². The van der Waals surface area contributed by atoms with Gasteiger partial charge in [-0.1, -0.05) is 0 Å². The molecule has 0 unspecified atom stereocenters. The predicted octanol–water partition coefficient (Wildman–Crippen LogP) is 5.79. The second-order valence-electron chi connectivity index (χ2n) is 7.29. The van der Waals surface area contributed by atoms with Crippen LogP contribution in [-0.4, -0.2) is 9.80 Å². The number of allylic oxidation sites excluding steroid dienone is 2. The molecule has 2 aromatic carbocycles. The van der Waals surface area contributed by atoms with E-state index in [9.17, 15) is 8.78 Å². The van der Waals surface area contributed by atoms with Crippen LogP contribution >= 0.6 is 0 Å². The van der Waals surface area contributed by atoms with Crippen molar-refractivity contribution in [3.63, 3.8) is 0 Å². The van der Waals surface area contributed by atoms with E-state index in [1.807, 2.05) is 36.4 Å². The van der Waals surface area contributed by atoms with E-state index in [1.54, 1.807) is 35.3 Å². The zero-order valence-corrected chi connectivity index (χ0v) is 18.9. The molecule has 0 saturated heterocycles. The third-order valence-corrected chi connectivity index (χ3v) is 5.36. The van der Waals surface area contributed by atoms with Crippen LogP contribution in [-0.2, 0) is 21.1 Å². The predicted molar refractivity (Wildman–Crippen MR) is 112 cm³/mol. The van der Waals surface area contributed by atoms with E-state index >= 15 is 0 Å². The second-order valence-corrected chi connectivity index (χ2v) is 7.29. The Morgan fingerprint density at radius 3 is 1.55 bits per heavy atom. The van der Waals surface area contributed by atoms with Crippen LogP contribution in [0.1, 0.15) is 25.7 Å². The molecule has 31 heavy (non-hydrogen) atoms. The molecule has 0 amide bonds. The fraction of sp³-hybridized carbons (Fsp3) is 0.167. The van der Waals surface area contributed by atoms with Crippen molar-refractivity contribution in [2.45, 2.75) is 25.7 Å². The van der Waals surface area contributed by atoms with Crippen molar-refractivity contribution in [3.8, 4) is 0 Å². The van der Waals surface area contributed by atoms with Gasteiger partial charge in [-0.3, -0.25) is 0 Å². The number of nitrogens with zero attached hydrogens (tertiary/aromatic N) is 4. The molecule has 0 fully saturated rings. The number of anilines is 2. The number of benzene rings is 2. The van der Waals surface area contributed by atoms with Gasteiger partial charge in [0.05, 0.1) is 0 Å². The zero-order valence-electron chi connectivity index (χ0n) is 16.6. The molecule has 0 radical (unpaired) electrons. The van der Waals surface area contributed by atoms with E-state index in [0.717, 1.165) is 35.6 Å². The largest absolute Gasteiger partial charge is 4.00 e. The normalized spacial score (nSPS) is 18.9. The van der Waals surface area contributed by atoms with E-state index < -0.39 is 11.9 Å². The van der Waals surface area contributed by atoms with E-state index in [0.29, 0.717) is 12.8 Å². The molecule has 5 rings (SSSR count). The van der Waals surface area contributed by atoms with Gasteiger partial charge in [0.2, 0.25) is 0 Å². The summed E-state index contributed by atoms with van der Waals surface area (Å²) in [5.41, 5.74) is 3.04. The molecule has 3 aliphatic rings. The van der Waals surface area contributed by atoms with Crippen LogP contribution in [0.15, 0.2) is 84.2 Å². The number of halogens is 2. The fourth-order valence-corrected chi connectivity index (χ4v) is 3.92. The Hall–Kier alpha value is -2.59. The maximum Gasteiger partial charge on any atom is 4.00 e. The van der Waals surface area contributed by atoms with Gasteiger partial charge in [-0.15, -0.1) is 24.7 Å². The first-order valence-electron chi connectivity index (χ1n) is 9.96. The molecule has 2 heterocycles. The molecule has 4 nitrogen and oxygen atoms in total. The summed E-state index contributed by atoms with van der Waals surface area (Å²) >= 11 is 0. The van der Waals surface area contributed by atoms with Gasteiger partial charge in [-0.2, -0.15) is 69.4 Å². The van der Waals surface area contributed by atoms with Crippen molar-refractivity contribution in [3.05, 3.63) is 110 Å². The van der Waals surface area contributed by atoms with Crippen molar-refractivity contribution >= 4 is 11.4 Å². The standard InChI is InChI=1S/C24H20F2N4.Pt/c25-23-15-27(19-9-3-1-4-10-19)17-29(23)21-13-7-8-14-22(21)30-18-28(16-24(30)26)20-11-5-2-6-12-20;/h1-6,9,11,15-18H,7-8,13-14H2;/q-4;+4. The van der Waals surface area contributed by atoms with Gasteiger partial charge in [-0.25, -0.2) is 0 Å². The topological polar surface area (TPSA) is 13.0 Å². The van der Waals surface area contributed by atoms with Crippen molar-refractivity contribution in [1.82, 2.24) is 9.80 Å². The summed E-state index contributed by atoms with van der Waals surface area (Å²) in [5, 5.41) is 0. The second kappa shape index (κ2) is 9.27. The molecule has 0 bridgehead atoms. The first-order chi connectivity index (χ1) is 14.7. The first-order valence-corrected chi connectivity index (χ1v) is 9.96. The molecule has 2 aliphatic heterocycles.